The summed E-state index contributed by atoms with van der Waals surface area (Å²) in [4.78, 5) is 4.45. The van der Waals surface area contributed by atoms with Gasteiger partial charge in [-0.3, -0.25) is 4.98 Å². The third-order valence-electron chi connectivity index (χ3n) is 4.05. The SMILES string of the molecule is CC(CCc1ccccc1)Nc1c(Cl)cccc1-c1ccccn1. The molecule has 3 rings (SSSR count). The molecule has 1 aromatic heterocycles. The van der Waals surface area contributed by atoms with E-state index in [0.29, 0.717) is 6.04 Å². The van der Waals surface area contributed by atoms with Gasteiger partial charge in [-0.2, -0.15) is 0 Å². The largest absolute Gasteiger partial charge is 0.381 e. The summed E-state index contributed by atoms with van der Waals surface area (Å²) in [6.07, 6.45) is 3.88. The minimum absolute atomic E-state index is 0.313. The lowest BCUT2D eigenvalue weighted by Gasteiger charge is -2.19. The Morgan fingerprint density at radius 3 is 2.50 bits per heavy atom. The number of pyridine rings is 1. The van der Waals surface area contributed by atoms with Gasteiger partial charge in [-0.25, -0.2) is 0 Å². The van der Waals surface area contributed by atoms with Gasteiger partial charge in [0.25, 0.3) is 0 Å². The number of nitrogens with one attached hydrogen (secondary N) is 1. The monoisotopic (exact) mass is 336 g/mol. The fraction of sp³-hybridized carbons (Fsp3) is 0.190. The van der Waals surface area contributed by atoms with Gasteiger partial charge in [-0.1, -0.05) is 60.1 Å². The average Bonchev–Trinajstić information content (AvgIpc) is 2.63. The Balaban J connectivity index is 1.75. The predicted octanol–water partition coefficient (Wildman–Crippen LogP) is 5.84. The first-order chi connectivity index (χ1) is 11.7. The van der Waals surface area contributed by atoms with Gasteiger partial charge in [0.15, 0.2) is 0 Å². The Labute approximate surface area is 148 Å². The van der Waals surface area contributed by atoms with Gasteiger partial charge in [0.1, 0.15) is 0 Å². The first-order valence-corrected chi connectivity index (χ1v) is 8.62. The highest BCUT2D eigenvalue weighted by atomic mass is 35.5. The molecule has 0 bridgehead atoms. The number of rotatable bonds is 6. The van der Waals surface area contributed by atoms with E-state index in [9.17, 15) is 0 Å². The third-order valence-corrected chi connectivity index (χ3v) is 4.37. The van der Waals surface area contributed by atoms with Crippen LogP contribution in [-0.4, -0.2) is 11.0 Å². The van der Waals surface area contributed by atoms with Gasteiger partial charge >= 0.3 is 0 Å². The van der Waals surface area contributed by atoms with Crippen LogP contribution in [0.1, 0.15) is 18.9 Å². The van der Waals surface area contributed by atoms with Crippen LogP contribution in [0.3, 0.4) is 0 Å². The quantitative estimate of drug-likeness (QED) is 0.612. The maximum atomic E-state index is 6.45. The van der Waals surface area contributed by atoms with Gasteiger partial charge < -0.3 is 5.32 Å². The lowest BCUT2D eigenvalue weighted by Crippen LogP contribution is -2.17. The molecular formula is C21H21ClN2. The van der Waals surface area contributed by atoms with E-state index in [0.717, 1.165) is 34.8 Å². The molecule has 0 aliphatic heterocycles. The molecule has 0 amide bonds. The molecule has 24 heavy (non-hydrogen) atoms. The molecule has 3 aromatic rings. The van der Waals surface area contributed by atoms with E-state index in [2.05, 4.69) is 47.6 Å². The summed E-state index contributed by atoms with van der Waals surface area (Å²) in [7, 11) is 0. The van der Waals surface area contributed by atoms with E-state index >= 15 is 0 Å². The molecule has 1 heterocycles. The van der Waals surface area contributed by atoms with Crippen LogP contribution in [-0.2, 0) is 6.42 Å². The van der Waals surface area contributed by atoms with Gasteiger partial charge in [0, 0.05) is 17.8 Å². The Hall–Kier alpha value is -2.32. The Morgan fingerprint density at radius 1 is 0.958 bits per heavy atom. The van der Waals surface area contributed by atoms with Crippen molar-refractivity contribution in [2.45, 2.75) is 25.8 Å². The van der Waals surface area contributed by atoms with Crippen LogP contribution in [0, 0.1) is 0 Å². The van der Waals surface area contributed by atoms with Crippen molar-refractivity contribution in [3.8, 4) is 11.3 Å². The van der Waals surface area contributed by atoms with Crippen LogP contribution in [0.5, 0.6) is 0 Å². The zero-order valence-corrected chi connectivity index (χ0v) is 14.5. The van der Waals surface area contributed by atoms with Crippen molar-refractivity contribution in [1.29, 1.82) is 0 Å². The number of aromatic nitrogens is 1. The lowest BCUT2D eigenvalue weighted by molar-refractivity contribution is 0.706. The number of hydrogen-bond donors (Lipinski definition) is 1. The van der Waals surface area contributed by atoms with Crippen molar-refractivity contribution in [2.75, 3.05) is 5.32 Å². The van der Waals surface area contributed by atoms with E-state index in [1.54, 1.807) is 6.20 Å². The number of anilines is 1. The van der Waals surface area contributed by atoms with Crippen LogP contribution in [0.2, 0.25) is 5.02 Å². The lowest BCUT2D eigenvalue weighted by atomic mass is 10.0. The van der Waals surface area contributed by atoms with Crippen molar-refractivity contribution in [3.05, 3.63) is 83.5 Å². The second-order valence-electron chi connectivity index (χ2n) is 5.95. The number of nitrogens with zero attached hydrogens (tertiary/aromatic N) is 1. The molecule has 2 nitrogen and oxygen atoms in total. The number of halogens is 1. The van der Waals surface area contributed by atoms with Crippen LogP contribution < -0.4 is 5.32 Å². The second-order valence-corrected chi connectivity index (χ2v) is 6.35. The van der Waals surface area contributed by atoms with Crippen molar-refractivity contribution >= 4 is 17.3 Å². The summed E-state index contributed by atoms with van der Waals surface area (Å²) in [6.45, 7) is 2.19. The van der Waals surface area contributed by atoms with Gasteiger partial charge in [0.05, 0.1) is 16.4 Å². The molecule has 0 aliphatic rings. The highest BCUT2D eigenvalue weighted by Crippen LogP contribution is 2.33. The normalized spacial score (nSPS) is 11.9. The molecule has 0 spiro atoms. The van der Waals surface area contributed by atoms with Crippen molar-refractivity contribution in [1.82, 2.24) is 4.98 Å². The third kappa shape index (κ3) is 4.15. The second kappa shape index (κ2) is 7.98. The maximum absolute atomic E-state index is 6.45. The van der Waals surface area contributed by atoms with Crippen LogP contribution in [0.25, 0.3) is 11.3 Å². The topological polar surface area (TPSA) is 24.9 Å². The minimum atomic E-state index is 0.313. The minimum Gasteiger partial charge on any atom is -0.381 e. The standard InChI is InChI=1S/C21H21ClN2/c1-16(13-14-17-8-3-2-4-9-17)24-21-18(10-7-11-19(21)22)20-12-5-6-15-23-20/h2-12,15-16,24H,13-14H2,1H3. The van der Waals surface area contributed by atoms with Crippen LogP contribution >= 0.6 is 11.6 Å². The predicted molar refractivity (Wildman–Crippen MR) is 103 cm³/mol. The Bertz CT molecular complexity index is 772. The molecule has 3 heteroatoms. The summed E-state index contributed by atoms with van der Waals surface area (Å²) >= 11 is 6.45. The summed E-state index contributed by atoms with van der Waals surface area (Å²) in [5.41, 5.74) is 4.28. The first kappa shape index (κ1) is 16.5. The molecule has 0 radical (unpaired) electrons. The summed E-state index contributed by atoms with van der Waals surface area (Å²) in [6, 6.07) is 22.7. The number of benzene rings is 2. The van der Waals surface area contributed by atoms with Gasteiger partial charge in [-0.15, -0.1) is 0 Å². The number of hydrogen-bond acceptors (Lipinski definition) is 2. The zero-order chi connectivity index (χ0) is 16.8. The summed E-state index contributed by atoms with van der Waals surface area (Å²) < 4.78 is 0. The molecule has 1 N–H and O–H groups in total. The van der Waals surface area contributed by atoms with Gasteiger partial charge in [-0.05, 0) is 43.5 Å². The fourth-order valence-corrected chi connectivity index (χ4v) is 2.98. The van der Waals surface area contributed by atoms with Crippen LogP contribution in [0.15, 0.2) is 72.9 Å². The van der Waals surface area contributed by atoms with E-state index in [-0.39, 0.29) is 0 Å². The molecular weight excluding hydrogens is 316 g/mol. The molecule has 0 fully saturated rings. The number of para-hydroxylation sites is 1. The summed E-state index contributed by atoms with van der Waals surface area (Å²) in [5, 5.41) is 4.30. The smallest absolute Gasteiger partial charge is 0.0723 e. The van der Waals surface area contributed by atoms with Crippen LogP contribution in [0.4, 0.5) is 5.69 Å². The van der Waals surface area contributed by atoms with E-state index in [1.807, 2.05) is 36.4 Å². The molecule has 2 aromatic carbocycles. The van der Waals surface area contributed by atoms with Gasteiger partial charge in [0.2, 0.25) is 0 Å². The number of aryl methyl sites for hydroxylation is 1. The maximum Gasteiger partial charge on any atom is 0.0723 e. The van der Waals surface area contributed by atoms with Crippen molar-refractivity contribution < 1.29 is 0 Å². The molecule has 122 valence electrons. The molecule has 0 saturated carbocycles. The molecule has 1 atom stereocenters. The molecule has 1 unspecified atom stereocenters. The summed E-state index contributed by atoms with van der Waals surface area (Å²) in [5.74, 6) is 0. The van der Waals surface area contributed by atoms with E-state index < -0.39 is 0 Å². The van der Waals surface area contributed by atoms with E-state index in [1.165, 1.54) is 5.56 Å². The first-order valence-electron chi connectivity index (χ1n) is 8.24. The highest BCUT2D eigenvalue weighted by molar-refractivity contribution is 6.34. The fourth-order valence-electron chi connectivity index (χ4n) is 2.75. The average molecular weight is 337 g/mol. The van der Waals surface area contributed by atoms with Crippen molar-refractivity contribution in [2.24, 2.45) is 0 Å². The Morgan fingerprint density at radius 2 is 1.75 bits per heavy atom. The zero-order valence-electron chi connectivity index (χ0n) is 13.7. The van der Waals surface area contributed by atoms with Crippen molar-refractivity contribution in [3.63, 3.8) is 0 Å². The highest BCUT2D eigenvalue weighted by Gasteiger charge is 2.12. The Kier molecular flexibility index (Phi) is 5.50. The van der Waals surface area contributed by atoms with E-state index in [4.69, 9.17) is 11.6 Å². The molecule has 0 saturated heterocycles. The molecule has 0 aliphatic carbocycles.